The second-order valence-electron chi connectivity index (χ2n) is 7.43. The van der Waals surface area contributed by atoms with Crippen LogP contribution in [-0.4, -0.2) is 56.5 Å². The summed E-state index contributed by atoms with van der Waals surface area (Å²) >= 11 is 0. The summed E-state index contributed by atoms with van der Waals surface area (Å²) < 4.78 is 1.69. The third-order valence-corrected chi connectivity index (χ3v) is 5.60. The Labute approximate surface area is 164 Å². The number of pyridine rings is 1. The monoisotopic (exact) mass is 378 g/mol. The van der Waals surface area contributed by atoms with Crippen molar-refractivity contribution in [3.63, 3.8) is 0 Å². The van der Waals surface area contributed by atoms with Gasteiger partial charge in [0.2, 0.25) is 0 Å². The van der Waals surface area contributed by atoms with Crippen LogP contribution in [0.15, 0.2) is 36.5 Å². The molecular formula is C21H26N6O. The van der Waals surface area contributed by atoms with Crippen molar-refractivity contribution < 1.29 is 4.79 Å². The highest BCUT2D eigenvalue weighted by Crippen LogP contribution is 2.21. The molecule has 1 saturated heterocycles. The van der Waals surface area contributed by atoms with E-state index in [1.165, 1.54) is 25.9 Å². The number of rotatable bonds is 6. The number of likely N-dealkylation sites (tertiary alicyclic amines) is 1. The van der Waals surface area contributed by atoms with Crippen LogP contribution in [0.1, 0.15) is 42.1 Å². The highest BCUT2D eigenvalue weighted by Gasteiger charge is 2.19. The predicted octanol–water partition coefficient (Wildman–Crippen LogP) is 2.73. The lowest BCUT2D eigenvalue weighted by Gasteiger charge is -2.23. The lowest BCUT2D eigenvalue weighted by atomic mass is 10.1. The van der Waals surface area contributed by atoms with E-state index in [0.717, 1.165) is 23.2 Å². The van der Waals surface area contributed by atoms with Crippen LogP contribution in [0, 0.1) is 6.92 Å². The molecule has 1 amide bonds. The third-order valence-electron chi connectivity index (χ3n) is 5.60. The van der Waals surface area contributed by atoms with Crippen LogP contribution in [0.3, 0.4) is 0 Å². The molecule has 3 aromatic rings. The highest BCUT2D eigenvalue weighted by atomic mass is 16.1. The van der Waals surface area contributed by atoms with Gasteiger partial charge >= 0.3 is 0 Å². The molecular weight excluding hydrogens is 352 g/mol. The number of carbonyl (C=O) groups is 1. The second kappa shape index (κ2) is 8.06. The van der Waals surface area contributed by atoms with Crippen LogP contribution in [0.4, 0.5) is 0 Å². The summed E-state index contributed by atoms with van der Waals surface area (Å²) in [6, 6.07) is 9.87. The molecule has 7 nitrogen and oxygen atoms in total. The molecule has 7 heteroatoms. The Balaban J connectivity index is 1.48. The normalized spacial score (nSPS) is 15.8. The summed E-state index contributed by atoms with van der Waals surface area (Å²) in [7, 11) is 0. The average Bonchev–Trinajstić information content (AvgIpc) is 3.38. The number of nitrogens with zero attached hydrogens (tertiary/aromatic N) is 5. The fraction of sp³-hybridized carbons (Fsp3) is 0.429. The lowest BCUT2D eigenvalue weighted by molar-refractivity contribution is 0.0949. The molecule has 0 radical (unpaired) electrons. The van der Waals surface area contributed by atoms with Crippen molar-refractivity contribution in [1.82, 2.24) is 30.2 Å². The molecule has 1 atom stereocenters. The van der Waals surface area contributed by atoms with E-state index in [2.05, 4.69) is 32.4 Å². The van der Waals surface area contributed by atoms with Gasteiger partial charge in [0.25, 0.3) is 5.91 Å². The van der Waals surface area contributed by atoms with Crippen molar-refractivity contribution >= 4 is 17.1 Å². The number of hydrogen-bond acceptors (Lipinski definition) is 5. The van der Waals surface area contributed by atoms with Crippen molar-refractivity contribution in [1.29, 1.82) is 0 Å². The van der Waals surface area contributed by atoms with E-state index in [1.807, 2.05) is 37.3 Å². The van der Waals surface area contributed by atoms with Crippen LogP contribution >= 0.6 is 0 Å². The van der Waals surface area contributed by atoms with Gasteiger partial charge in [-0.05, 0) is 76.0 Å². The van der Waals surface area contributed by atoms with Crippen molar-refractivity contribution in [2.45, 2.75) is 39.2 Å². The van der Waals surface area contributed by atoms with E-state index in [1.54, 1.807) is 10.9 Å². The summed E-state index contributed by atoms with van der Waals surface area (Å²) in [4.78, 5) is 19.6. The number of carbonyl (C=O) groups excluding carboxylic acids is 1. The molecule has 1 aliphatic heterocycles. The summed E-state index contributed by atoms with van der Waals surface area (Å²) in [6.07, 6.45) is 5.25. The third kappa shape index (κ3) is 3.62. The zero-order chi connectivity index (χ0) is 19.5. The number of fused-ring (bicyclic) bond motifs is 1. The van der Waals surface area contributed by atoms with Crippen LogP contribution in [0.25, 0.3) is 16.9 Å². The van der Waals surface area contributed by atoms with Gasteiger partial charge in [-0.25, -0.2) is 4.98 Å². The van der Waals surface area contributed by atoms with Crippen LogP contribution in [0.5, 0.6) is 0 Å². The maximum absolute atomic E-state index is 12.8. The average molecular weight is 378 g/mol. The molecule has 1 aliphatic rings. The Bertz CT molecular complexity index is 976. The van der Waals surface area contributed by atoms with Crippen molar-refractivity contribution in [3.05, 3.63) is 47.7 Å². The minimum absolute atomic E-state index is 0.0506. The van der Waals surface area contributed by atoms with Gasteiger partial charge in [0.1, 0.15) is 5.52 Å². The number of amides is 1. The number of aromatic nitrogens is 4. The van der Waals surface area contributed by atoms with Crippen molar-refractivity contribution in [3.8, 4) is 5.69 Å². The summed E-state index contributed by atoms with van der Waals surface area (Å²) in [5, 5.41) is 11.5. The number of nitrogens with one attached hydrogen (secondary N) is 1. The van der Waals surface area contributed by atoms with Crippen LogP contribution in [0.2, 0.25) is 0 Å². The van der Waals surface area contributed by atoms with E-state index in [9.17, 15) is 4.79 Å². The van der Waals surface area contributed by atoms with E-state index < -0.39 is 0 Å². The predicted molar refractivity (Wildman–Crippen MR) is 109 cm³/mol. The van der Waals surface area contributed by atoms with Gasteiger partial charge in [0.05, 0.1) is 5.69 Å². The summed E-state index contributed by atoms with van der Waals surface area (Å²) in [6.45, 7) is 7.21. The van der Waals surface area contributed by atoms with Gasteiger partial charge in [-0.1, -0.05) is 11.3 Å². The van der Waals surface area contributed by atoms with Gasteiger partial charge in [-0.3, -0.25) is 4.79 Å². The number of hydrogen-bond donors (Lipinski definition) is 1. The first kappa shape index (κ1) is 18.6. The summed E-state index contributed by atoms with van der Waals surface area (Å²) in [5.74, 6) is -0.0506. The number of benzene rings is 1. The Hall–Kier alpha value is -2.80. The zero-order valence-electron chi connectivity index (χ0n) is 16.4. The van der Waals surface area contributed by atoms with Gasteiger partial charge in [-0.2, -0.15) is 4.68 Å². The van der Waals surface area contributed by atoms with E-state index >= 15 is 0 Å². The SMILES string of the molecule is Cc1c(C(=O)NCCC(C)N2CCCC2)cccc1-n1nnc2cccnc21. The topological polar surface area (TPSA) is 75.9 Å². The molecule has 0 bridgehead atoms. The molecule has 4 rings (SSSR count). The molecule has 0 saturated carbocycles. The van der Waals surface area contributed by atoms with Crippen LogP contribution in [-0.2, 0) is 0 Å². The first-order valence-corrected chi connectivity index (χ1v) is 9.94. The van der Waals surface area contributed by atoms with Crippen LogP contribution < -0.4 is 5.32 Å². The highest BCUT2D eigenvalue weighted by molar-refractivity contribution is 5.96. The Morgan fingerprint density at radius 1 is 1.21 bits per heavy atom. The molecule has 1 unspecified atom stereocenters. The van der Waals surface area contributed by atoms with Gasteiger partial charge < -0.3 is 10.2 Å². The molecule has 0 aliphatic carbocycles. The zero-order valence-corrected chi connectivity index (χ0v) is 16.4. The first-order chi connectivity index (χ1) is 13.6. The second-order valence-corrected chi connectivity index (χ2v) is 7.43. The molecule has 2 aromatic heterocycles. The van der Waals surface area contributed by atoms with E-state index in [4.69, 9.17) is 0 Å². The molecule has 146 valence electrons. The molecule has 3 heterocycles. The maximum Gasteiger partial charge on any atom is 0.251 e. The Kier molecular flexibility index (Phi) is 5.34. The van der Waals surface area contributed by atoms with Gasteiger partial charge in [0.15, 0.2) is 5.65 Å². The largest absolute Gasteiger partial charge is 0.352 e. The minimum Gasteiger partial charge on any atom is -0.352 e. The van der Waals surface area contributed by atoms with Crippen molar-refractivity contribution in [2.24, 2.45) is 0 Å². The smallest absolute Gasteiger partial charge is 0.251 e. The lowest BCUT2D eigenvalue weighted by Crippen LogP contribution is -2.34. The van der Waals surface area contributed by atoms with Gasteiger partial charge in [0, 0.05) is 24.3 Å². The quantitative estimate of drug-likeness (QED) is 0.714. The van der Waals surface area contributed by atoms with E-state index in [-0.39, 0.29) is 5.91 Å². The minimum atomic E-state index is -0.0506. The molecule has 28 heavy (non-hydrogen) atoms. The van der Waals surface area contributed by atoms with E-state index in [0.29, 0.717) is 23.8 Å². The Morgan fingerprint density at radius 3 is 2.86 bits per heavy atom. The summed E-state index contributed by atoms with van der Waals surface area (Å²) in [5.41, 5.74) is 3.76. The molecule has 0 spiro atoms. The fourth-order valence-electron chi connectivity index (χ4n) is 3.88. The first-order valence-electron chi connectivity index (χ1n) is 9.94. The molecule has 1 fully saturated rings. The van der Waals surface area contributed by atoms with Gasteiger partial charge in [-0.15, -0.1) is 5.10 Å². The Morgan fingerprint density at radius 2 is 2.04 bits per heavy atom. The maximum atomic E-state index is 12.8. The molecule has 1 aromatic carbocycles. The molecule has 1 N–H and O–H groups in total. The van der Waals surface area contributed by atoms with Crippen molar-refractivity contribution in [2.75, 3.05) is 19.6 Å². The standard InChI is InChI=1S/C21H26N6O/c1-15(26-13-3-4-14-26)10-12-23-21(28)17-7-5-9-19(16(17)2)27-20-18(24-25-27)8-6-11-22-20/h5-9,11,15H,3-4,10,12-14H2,1-2H3,(H,23,28). The fourth-order valence-corrected chi connectivity index (χ4v) is 3.88.